The van der Waals surface area contributed by atoms with E-state index in [0.29, 0.717) is 6.04 Å². The van der Waals surface area contributed by atoms with Crippen molar-refractivity contribution in [2.24, 2.45) is 0 Å². The molecule has 0 saturated carbocycles. The molecular formula is C19H21N5S2. The second kappa shape index (κ2) is 7.25. The molecule has 0 saturated heterocycles. The molecule has 0 bridgehead atoms. The molecule has 134 valence electrons. The predicted molar refractivity (Wildman–Crippen MR) is 108 cm³/mol. The van der Waals surface area contributed by atoms with Gasteiger partial charge in [0.2, 0.25) is 0 Å². The predicted octanol–water partition coefficient (Wildman–Crippen LogP) is 5.09. The zero-order valence-corrected chi connectivity index (χ0v) is 16.7. The third-order valence-electron chi connectivity index (χ3n) is 4.20. The standard InChI is InChI=1S/C19H21N5S2/c1-4-16-9-14(11-25-16)18-21-22-19(24(18)13(2)3)26-12-15-10-23-8-6-5-7-17(23)20-15/h5-11,13H,4,12H2,1-3H3. The van der Waals surface area contributed by atoms with Gasteiger partial charge in [-0.1, -0.05) is 24.8 Å². The molecule has 0 fully saturated rings. The van der Waals surface area contributed by atoms with Crippen molar-refractivity contribution in [2.45, 2.75) is 44.1 Å². The van der Waals surface area contributed by atoms with Gasteiger partial charge in [-0.2, -0.15) is 0 Å². The highest BCUT2D eigenvalue weighted by atomic mass is 32.2. The fourth-order valence-electron chi connectivity index (χ4n) is 2.92. The number of hydrogen-bond donors (Lipinski definition) is 0. The van der Waals surface area contributed by atoms with E-state index < -0.39 is 0 Å². The Labute approximate surface area is 161 Å². The molecule has 4 aromatic heterocycles. The van der Waals surface area contributed by atoms with Crippen LogP contribution >= 0.6 is 23.1 Å². The van der Waals surface area contributed by atoms with E-state index >= 15 is 0 Å². The molecule has 0 unspecified atom stereocenters. The maximum Gasteiger partial charge on any atom is 0.192 e. The molecule has 0 aliphatic rings. The van der Waals surface area contributed by atoms with Crippen molar-refractivity contribution in [3.8, 4) is 11.4 Å². The minimum absolute atomic E-state index is 0.300. The number of thioether (sulfide) groups is 1. The first-order valence-electron chi connectivity index (χ1n) is 8.73. The zero-order chi connectivity index (χ0) is 18.1. The lowest BCUT2D eigenvalue weighted by molar-refractivity contribution is 0.555. The number of rotatable bonds is 6. The summed E-state index contributed by atoms with van der Waals surface area (Å²) < 4.78 is 4.27. The highest BCUT2D eigenvalue weighted by molar-refractivity contribution is 7.98. The van der Waals surface area contributed by atoms with Crippen molar-refractivity contribution < 1.29 is 0 Å². The lowest BCUT2D eigenvalue weighted by atomic mass is 10.2. The summed E-state index contributed by atoms with van der Waals surface area (Å²) in [6, 6.07) is 8.56. The number of fused-ring (bicyclic) bond motifs is 1. The van der Waals surface area contributed by atoms with Gasteiger partial charge in [0.15, 0.2) is 11.0 Å². The summed E-state index contributed by atoms with van der Waals surface area (Å²) in [6.45, 7) is 6.53. The number of thiophene rings is 1. The highest BCUT2D eigenvalue weighted by Gasteiger charge is 2.18. The smallest absolute Gasteiger partial charge is 0.192 e. The third-order valence-corrected chi connectivity index (χ3v) is 6.26. The summed E-state index contributed by atoms with van der Waals surface area (Å²) in [5.74, 6) is 1.73. The monoisotopic (exact) mass is 383 g/mol. The lowest BCUT2D eigenvalue weighted by Crippen LogP contribution is -2.04. The van der Waals surface area contributed by atoms with E-state index in [9.17, 15) is 0 Å². The zero-order valence-electron chi connectivity index (χ0n) is 15.1. The average molecular weight is 384 g/mol. The Kier molecular flexibility index (Phi) is 4.82. The Morgan fingerprint density at radius 3 is 2.85 bits per heavy atom. The molecule has 0 aliphatic carbocycles. The van der Waals surface area contributed by atoms with E-state index in [1.54, 1.807) is 23.1 Å². The van der Waals surface area contributed by atoms with Crippen LogP contribution in [-0.4, -0.2) is 24.1 Å². The van der Waals surface area contributed by atoms with Crippen molar-refractivity contribution >= 4 is 28.7 Å². The van der Waals surface area contributed by atoms with Crippen LogP contribution in [0.2, 0.25) is 0 Å². The number of aromatic nitrogens is 5. The van der Waals surface area contributed by atoms with Gasteiger partial charge in [-0.3, -0.25) is 4.57 Å². The van der Waals surface area contributed by atoms with Crippen molar-refractivity contribution in [3.05, 3.63) is 52.6 Å². The van der Waals surface area contributed by atoms with Gasteiger partial charge >= 0.3 is 0 Å². The molecule has 26 heavy (non-hydrogen) atoms. The van der Waals surface area contributed by atoms with E-state index in [1.165, 1.54) is 4.88 Å². The first-order valence-corrected chi connectivity index (χ1v) is 10.6. The van der Waals surface area contributed by atoms with Gasteiger partial charge in [0.25, 0.3) is 0 Å². The van der Waals surface area contributed by atoms with Gasteiger partial charge in [0.1, 0.15) is 5.65 Å². The van der Waals surface area contributed by atoms with Gasteiger partial charge in [-0.05, 0) is 38.5 Å². The van der Waals surface area contributed by atoms with Crippen molar-refractivity contribution in [1.82, 2.24) is 24.1 Å². The average Bonchev–Trinajstić information content (AvgIpc) is 3.35. The Morgan fingerprint density at radius 1 is 1.23 bits per heavy atom. The van der Waals surface area contributed by atoms with Crippen molar-refractivity contribution in [3.63, 3.8) is 0 Å². The molecule has 0 aromatic carbocycles. The summed E-state index contributed by atoms with van der Waals surface area (Å²) in [6.07, 6.45) is 5.15. The minimum Gasteiger partial charge on any atom is -0.307 e. The van der Waals surface area contributed by atoms with E-state index in [1.807, 2.05) is 28.8 Å². The molecule has 7 heteroatoms. The van der Waals surface area contributed by atoms with E-state index in [-0.39, 0.29) is 0 Å². The largest absolute Gasteiger partial charge is 0.307 e. The molecular weight excluding hydrogens is 362 g/mol. The van der Waals surface area contributed by atoms with Gasteiger partial charge in [-0.25, -0.2) is 4.98 Å². The van der Waals surface area contributed by atoms with Crippen LogP contribution in [0.5, 0.6) is 0 Å². The number of pyridine rings is 1. The van der Waals surface area contributed by atoms with Gasteiger partial charge in [0.05, 0.1) is 5.69 Å². The fourth-order valence-corrected chi connectivity index (χ4v) is 4.68. The van der Waals surface area contributed by atoms with Crippen LogP contribution in [0.15, 0.2) is 47.2 Å². The lowest BCUT2D eigenvalue weighted by Gasteiger charge is -2.12. The molecule has 5 nitrogen and oxygen atoms in total. The molecule has 0 N–H and O–H groups in total. The van der Waals surface area contributed by atoms with Crippen molar-refractivity contribution in [2.75, 3.05) is 0 Å². The third kappa shape index (κ3) is 3.29. The quantitative estimate of drug-likeness (QED) is 0.435. The summed E-state index contributed by atoms with van der Waals surface area (Å²) in [4.78, 5) is 6.04. The molecule has 0 spiro atoms. The number of nitrogens with zero attached hydrogens (tertiary/aromatic N) is 5. The molecule has 4 rings (SSSR count). The van der Waals surface area contributed by atoms with Crippen LogP contribution in [0.25, 0.3) is 17.0 Å². The number of imidazole rings is 1. The van der Waals surface area contributed by atoms with Crippen LogP contribution in [0.1, 0.15) is 37.4 Å². The second-order valence-corrected chi connectivity index (χ2v) is 8.35. The highest BCUT2D eigenvalue weighted by Crippen LogP contribution is 2.31. The summed E-state index contributed by atoms with van der Waals surface area (Å²) >= 11 is 3.47. The van der Waals surface area contributed by atoms with Crippen LogP contribution in [0.3, 0.4) is 0 Å². The first kappa shape index (κ1) is 17.3. The topological polar surface area (TPSA) is 48.0 Å². The van der Waals surface area contributed by atoms with E-state index in [4.69, 9.17) is 0 Å². The molecule has 0 radical (unpaired) electrons. The van der Waals surface area contributed by atoms with Crippen LogP contribution in [-0.2, 0) is 12.2 Å². The molecule has 4 aromatic rings. The fraction of sp³-hybridized carbons (Fsp3) is 0.316. The normalized spacial score (nSPS) is 11.7. The maximum absolute atomic E-state index is 4.67. The van der Waals surface area contributed by atoms with E-state index in [0.717, 1.165) is 40.1 Å². The van der Waals surface area contributed by atoms with Crippen molar-refractivity contribution in [1.29, 1.82) is 0 Å². The van der Waals surface area contributed by atoms with Gasteiger partial charge < -0.3 is 4.40 Å². The summed E-state index contributed by atoms with van der Waals surface area (Å²) in [5, 5.41) is 12.1. The Morgan fingerprint density at radius 2 is 2.12 bits per heavy atom. The Hall–Kier alpha value is -2.12. The second-order valence-electron chi connectivity index (χ2n) is 6.41. The van der Waals surface area contributed by atoms with E-state index in [2.05, 4.69) is 58.2 Å². The molecule has 0 amide bonds. The SMILES string of the molecule is CCc1cc(-c2nnc(SCc3cn4ccccc4n3)n2C(C)C)cs1. The Balaban J connectivity index is 1.59. The molecule has 0 aliphatic heterocycles. The Bertz CT molecular complexity index is 995. The van der Waals surface area contributed by atoms with Gasteiger partial charge in [-0.15, -0.1) is 21.5 Å². The molecule has 4 heterocycles. The van der Waals surface area contributed by atoms with Crippen LogP contribution < -0.4 is 0 Å². The van der Waals surface area contributed by atoms with Crippen LogP contribution in [0, 0.1) is 0 Å². The first-order chi connectivity index (χ1) is 12.7. The minimum atomic E-state index is 0.300. The number of aryl methyl sites for hydroxylation is 1. The number of hydrogen-bond acceptors (Lipinski definition) is 5. The van der Waals surface area contributed by atoms with Crippen LogP contribution in [0.4, 0.5) is 0 Å². The maximum atomic E-state index is 4.67. The van der Waals surface area contributed by atoms with Gasteiger partial charge in [0, 0.05) is 40.0 Å². The summed E-state index contributed by atoms with van der Waals surface area (Å²) in [5.41, 5.74) is 3.18. The summed E-state index contributed by atoms with van der Waals surface area (Å²) in [7, 11) is 0. The molecule has 0 atom stereocenters.